The molecule has 5 rings (SSSR count). The first kappa shape index (κ1) is 19.3. The Hall–Kier alpha value is -3.65. The number of imidazole rings is 1. The first-order valence-electron chi connectivity index (χ1n) is 10.1. The van der Waals surface area contributed by atoms with Crippen molar-refractivity contribution in [1.29, 1.82) is 0 Å². The number of likely N-dealkylation sites (tertiary alicyclic amines) is 1. The molecule has 7 nitrogen and oxygen atoms in total. The zero-order valence-corrected chi connectivity index (χ0v) is 17.0. The van der Waals surface area contributed by atoms with E-state index in [2.05, 4.69) is 27.2 Å². The highest BCUT2D eigenvalue weighted by Crippen LogP contribution is 2.30. The summed E-state index contributed by atoms with van der Waals surface area (Å²) >= 11 is 0. The van der Waals surface area contributed by atoms with Gasteiger partial charge in [0.2, 0.25) is 0 Å². The molecular weight excluding hydrogens is 395 g/mol. The third-order valence-electron chi connectivity index (χ3n) is 5.66. The summed E-state index contributed by atoms with van der Waals surface area (Å²) in [6.07, 6.45) is 10.7. The lowest BCUT2D eigenvalue weighted by molar-refractivity contribution is 0.102. The number of carbonyl (C=O) groups excluding carboxylic acids is 1. The summed E-state index contributed by atoms with van der Waals surface area (Å²) in [6.45, 7) is 1.07. The predicted octanol–water partition coefficient (Wildman–Crippen LogP) is 3.95. The fourth-order valence-corrected chi connectivity index (χ4v) is 4.04. The Morgan fingerprint density at radius 1 is 1.19 bits per heavy atom. The molecule has 4 aromatic rings. The quantitative estimate of drug-likeness (QED) is 0.545. The van der Waals surface area contributed by atoms with Gasteiger partial charge in [-0.1, -0.05) is 0 Å². The molecule has 0 bridgehead atoms. The number of pyridine rings is 1. The third-order valence-corrected chi connectivity index (χ3v) is 5.66. The standard InChI is InChI=1S/C23H21FN6O/c1-29-10-2-3-21(29)20-14-30-13-16(5-7-22(30)28-20)27-23(31)17-11-15(4-6-18(17)24)19-12-25-8-9-26-19/h4-9,11-14,21H,2-3,10H2,1H3,(H,27,31)/t21-/m1/s1. The molecule has 1 atom stereocenters. The Morgan fingerprint density at radius 3 is 2.87 bits per heavy atom. The number of nitrogens with one attached hydrogen (secondary N) is 1. The molecule has 1 aliphatic heterocycles. The van der Waals surface area contributed by atoms with Gasteiger partial charge in [0.15, 0.2) is 0 Å². The van der Waals surface area contributed by atoms with Crippen LogP contribution >= 0.6 is 0 Å². The van der Waals surface area contributed by atoms with Gasteiger partial charge in [0.25, 0.3) is 5.91 Å². The van der Waals surface area contributed by atoms with Gasteiger partial charge < -0.3 is 9.72 Å². The normalized spacial score (nSPS) is 16.6. The van der Waals surface area contributed by atoms with Crippen LogP contribution in [0, 0.1) is 5.82 Å². The van der Waals surface area contributed by atoms with Gasteiger partial charge in [0, 0.05) is 30.4 Å². The molecule has 156 valence electrons. The molecule has 1 amide bonds. The Morgan fingerprint density at radius 2 is 2.10 bits per heavy atom. The summed E-state index contributed by atoms with van der Waals surface area (Å²) in [6, 6.07) is 8.26. The van der Waals surface area contributed by atoms with E-state index in [1.54, 1.807) is 36.9 Å². The van der Waals surface area contributed by atoms with E-state index in [9.17, 15) is 9.18 Å². The van der Waals surface area contributed by atoms with E-state index in [0.717, 1.165) is 30.7 Å². The summed E-state index contributed by atoms with van der Waals surface area (Å²) < 4.78 is 16.3. The van der Waals surface area contributed by atoms with Crippen LogP contribution in [-0.2, 0) is 0 Å². The van der Waals surface area contributed by atoms with Crippen molar-refractivity contribution in [1.82, 2.24) is 24.3 Å². The monoisotopic (exact) mass is 416 g/mol. The zero-order chi connectivity index (χ0) is 21.4. The van der Waals surface area contributed by atoms with E-state index in [1.165, 1.54) is 12.1 Å². The number of rotatable bonds is 4. The van der Waals surface area contributed by atoms with Crippen molar-refractivity contribution < 1.29 is 9.18 Å². The van der Waals surface area contributed by atoms with Crippen LogP contribution in [0.4, 0.5) is 10.1 Å². The summed E-state index contributed by atoms with van der Waals surface area (Å²) in [5.41, 5.74) is 3.53. The maximum atomic E-state index is 14.4. The van der Waals surface area contributed by atoms with Crippen LogP contribution in [0.25, 0.3) is 16.9 Å². The van der Waals surface area contributed by atoms with Gasteiger partial charge in [-0.15, -0.1) is 0 Å². The summed E-state index contributed by atoms with van der Waals surface area (Å²) in [4.78, 5) is 28.0. The molecule has 1 saturated heterocycles. The molecule has 0 saturated carbocycles. The number of aromatic nitrogens is 4. The average Bonchev–Trinajstić information content (AvgIpc) is 3.40. The van der Waals surface area contributed by atoms with Gasteiger partial charge in [0.1, 0.15) is 11.5 Å². The van der Waals surface area contributed by atoms with Crippen LogP contribution in [-0.4, -0.2) is 43.8 Å². The van der Waals surface area contributed by atoms with Crippen LogP contribution in [0.2, 0.25) is 0 Å². The number of benzene rings is 1. The molecule has 1 fully saturated rings. The second-order valence-corrected chi connectivity index (χ2v) is 7.73. The van der Waals surface area contributed by atoms with Crippen LogP contribution < -0.4 is 5.32 Å². The van der Waals surface area contributed by atoms with Gasteiger partial charge >= 0.3 is 0 Å². The minimum Gasteiger partial charge on any atom is -0.321 e. The smallest absolute Gasteiger partial charge is 0.258 e. The minimum atomic E-state index is -0.597. The van der Waals surface area contributed by atoms with Crippen molar-refractivity contribution in [2.75, 3.05) is 18.9 Å². The molecule has 3 aromatic heterocycles. The molecular formula is C23H21FN6O. The largest absolute Gasteiger partial charge is 0.321 e. The van der Waals surface area contributed by atoms with E-state index in [4.69, 9.17) is 4.98 Å². The highest BCUT2D eigenvalue weighted by atomic mass is 19.1. The zero-order valence-electron chi connectivity index (χ0n) is 17.0. The number of hydrogen-bond acceptors (Lipinski definition) is 5. The van der Waals surface area contributed by atoms with Crippen LogP contribution in [0.15, 0.2) is 61.3 Å². The Kier molecular flexibility index (Phi) is 4.91. The highest BCUT2D eigenvalue weighted by molar-refractivity contribution is 6.05. The number of nitrogens with zero attached hydrogens (tertiary/aromatic N) is 5. The average molecular weight is 416 g/mol. The van der Waals surface area contributed by atoms with Crippen LogP contribution in [0.1, 0.15) is 34.9 Å². The second-order valence-electron chi connectivity index (χ2n) is 7.73. The number of fused-ring (bicyclic) bond motifs is 1. The minimum absolute atomic E-state index is 0.0536. The fourth-order valence-electron chi connectivity index (χ4n) is 4.04. The van der Waals surface area contributed by atoms with E-state index in [1.807, 2.05) is 16.7 Å². The Bertz CT molecular complexity index is 1260. The first-order valence-corrected chi connectivity index (χ1v) is 10.1. The number of amides is 1. The molecule has 0 radical (unpaired) electrons. The van der Waals surface area contributed by atoms with Gasteiger partial charge in [-0.2, -0.15) is 0 Å². The Balaban J connectivity index is 1.40. The van der Waals surface area contributed by atoms with E-state index < -0.39 is 11.7 Å². The Labute approximate surface area is 178 Å². The topological polar surface area (TPSA) is 75.4 Å². The van der Waals surface area contributed by atoms with Crippen molar-refractivity contribution in [3.8, 4) is 11.3 Å². The molecule has 0 spiro atoms. The summed E-state index contributed by atoms with van der Waals surface area (Å²) in [7, 11) is 2.11. The molecule has 4 heterocycles. The number of carbonyl (C=O) groups is 1. The summed E-state index contributed by atoms with van der Waals surface area (Å²) in [5, 5.41) is 2.78. The van der Waals surface area contributed by atoms with Gasteiger partial charge in [0.05, 0.1) is 34.9 Å². The molecule has 31 heavy (non-hydrogen) atoms. The van der Waals surface area contributed by atoms with Crippen molar-refractivity contribution in [3.05, 3.63) is 78.4 Å². The lowest BCUT2D eigenvalue weighted by Gasteiger charge is -2.16. The number of anilines is 1. The predicted molar refractivity (Wildman–Crippen MR) is 115 cm³/mol. The first-order chi connectivity index (χ1) is 15.1. The number of halogens is 1. The highest BCUT2D eigenvalue weighted by Gasteiger charge is 2.25. The molecule has 1 aromatic carbocycles. The van der Waals surface area contributed by atoms with Gasteiger partial charge in [-0.05, 0) is 56.8 Å². The maximum absolute atomic E-state index is 14.4. The lowest BCUT2D eigenvalue weighted by atomic mass is 10.1. The SMILES string of the molecule is CN1CCC[C@@H]1c1cn2cc(NC(=O)c3cc(-c4cnccn4)ccc3F)ccc2n1. The fraction of sp³-hybridized carbons (Fsp3) is 0.217. The van der Waals surface area contributed by atoms with Gasteiger partial charge in [-0.3, -0.25) is 19.7 Å². The molecule has 8 heteroatoms. The molecule has 1 N–H and O–H groups in total. The summed E-state index contributed by atoms with van der Waals surface area (Å²) in [5.74, 6) is -1.13. The molecule has 0 unspecified atom stereocenters. The second kappa shape index (κ2) is 7.88. The third kappa shape index (κ3) is 3.77. The lowest BCUT2D eigenvalue weighted by Crippen LogP contribution is -2.17. The van der Waals surface area contributed by atoms with E-state index >= 15 is 0 Å². The van der Waals surface area contributed by atoms with E-state index in [-0.39, 0.29) is 5.56 Å². The molecule has 1 aliphatic rings. The van der Waals surface area contributed by atoms with Crippen LogP contribution in [0.3, 0.4) is 0 Å². The van der Waals surface area contributed by atoms with Crippen molar-refractivity contribution in [2.45, 2.75) is 18.9 Å². The molecule has 0 aliphatic carbocycles. The van der Waals surface area contributed by atoms with Crippen molar-refractivity contribution >= 4 is 17.2 Å². The van der Waals surface area contributed by atoms with Crippen molar-refractivity contribution in [3.63, 3.8) is 0 Å². The van der Waals surface area contributed by atoms with Crippen LogP contribution in [0.5, 0.6) is 0 Å². The van der Waals surface area contributed by atoms with Gasteiger partial charge in [-0.25, -0.2) is 9.37 Å². The van der Waals surface area contributed by atoms with E-state index in [0.29, 0.717) is 23.0 Å². The maximum Gasteiger partial charge on any atom is 0.258 e. The number of hydrogen-bond donors (Lipinski definition) is 1. The van der Waals surface area contributed by atoms with Crippen molar-refractivity contribution in [2.24, 2.45) is 0 Å².